The number of hydrogen-bond donors (Lipinski definition) is 0. The van der Waals surface area contributed by atoms with Crippen molar-refractivity contribution in [2.24, 2.45) is 0 Å². The van der Waals surface area contributed by atoms with Crippen LogP contribution in [0.4, 0.5) is 0 Å². The van der Waals surface area contributed by atoms with Crippen molar-refractivity contribution in [3.8, 4) is 10.6 Å². The van der Waals surface area contributed by atoms with Gasteiger partial charge in [0.15, 0.2) is 0 Å². The Morgan fingerprint density at radius 2 is 2.07 bits per heavy atom. The minimum absolute atomic E-state index is 0.614. The first-order chi connectivity index (χ1) is 6.66. The third-order valence-electron chi connectivity index (χ3n) is 1.57. The van der Waals surface area contributed by atoms with Crippen molar-refractivity contribution >= 4 is 55.0 Å². The maximum absolute atomic E-state index is 5.88. The SMILES string of the molecule is Clc1ccc(-c2nc(Br)ns2)cc1Br. The maximum Gasteiger partial charge on any atom is 0.209 e. The van der Waals surface area contributed by atoms with Gasteiger partial charge in [-0.15, -0.1) is 0 Å². The summed E-state index contributed by atoms with van der Waals surface area (Å²) in [6.07, 6.45) is 0. The molecular formula is C8H3Br2ClN2S. The van der Waals surface area contributed by atoms with Gasteiger partial charge >= 0.3 is 0 Å². The summed E-state index contributed by atoms with van der Waals surface area (Å²) in [7, 11) is 0. The van der Waals surface area contributed by atoms with Crippen molar-refractivity contribution < 1.29 is 0 Å². The van der Waals surface area contributed by atoms with E-state index in [1.54, 1.807) is 0 Å². The highest BCUT2D eigenvalue weighted by Gasteiger charge is 2.06. The second-order valence-electron chi connectivity index (χ2n) is 2.50. The minimum atomic E-state index is 0.614. The average Bonchev–Trinajstić information content (AvgIpc) is 2.57. The molecule has 14 heavy (non-hydrogen) atoms. The smallest absolute Gasteiger partial charge is 0.209 e. The summed E-state index contributed by atoms with van der Waals surface area (Å²) in [6.45, 7) is 0. The molecule has 0 radical (unpaired) electrons. The van der Waals surface area contributed by atoms with Gasteiger partial charge in [0.05, 0.1) is 5.02 Å². The number of rotatable bonds is 1. The fourth-order valence-corrected chi connectivity index (χ4v) is 2.52. The highest BCUT2D eigenvalue weighted by atomic mass is 79.9. The van der Waals surface area contributed by atoms with Gasteiger partial charge in [0.25, 0.3) is 0 Å². The third-order valence-corrected chi connectivity index (χ3v) is 4.14. The Hall–Kier alpha value is 0.0300. The molecule has 2 aromatic rings. The molecule has 0 saturated carbocycles. The first kappa shape index (κ1) is 10.5. The molecule has 1 aromatic heterocycles. The van der Waals surface area contributed by atoms with E-state index >= 15 is 0 Å². The Balaban J connectivity index is 2.47. The lowest BCUT2D eigenvalue weighted by Gasteiger charge is -1.98. The van der Waals surface area contributed by atoms with Crippen molar-refractivity contribution in [2.75, 3.05) is 0 Å². The zero-order chi connectivity index (χ0) is 10.1. The minimum Gasteiger partial charge on any atom is -0.209 e. The molecule has 0 saturated heterocycles. The van der Waals surface area contributed by atoms with Crippen molar-refractivity contribution in [1.82, 2.24) is 9.36 Å². The van der Waals surface area contributed by atoms with Crippen LogP contribution in [0.5, 0.6) is 0 Å². The Labute approximate surface area is 107 Å². The number of halogens is 3. The fraction of sp³-hybridized carbons (Fsp3) is 0. The van der Waals surface area contributed by atoms with Crippen molar-refractivity contribution in [3.05, 3.63) is 32.4 Å². The van der Waals surface area contributed by atoms with E-state index in [-0.39, 0.29) is 0 Å². The van der Waals surface area contributed by atoms with Crippen LogP contribution < -0.4 is 0 Å². The number of hydrogen-bond acceptors (Lipinski definition) is 3. The van der Waals surface area contributed by atoms with Gasteiger partial charge in [0, 0.05) is 10.0 Å². The molecule has 2 rings (SSSR count). The average molecular weight is 354 g/mol. The van der Waals surface area contributed by atoms with Crippen LogP contribution in [0.1, 0.15) is 0 Å². The van der Waals surface area contributed by atoms with E-state index in [1.807, 2.05) is 18.2 Å². The van der Waals surface area contributed by atoms with Gasteiger partial charge in [-0.2, -0.15) is 4.37 Å². The second-order valence-corrected chi connectivity index (χ2v) is 5.22. The molecule has 0 atom stereocenters. The lowest BCUT2D eigenvalue weighted by atomic mass is 10.2. The van der Waals surface area contributed by atoms with Crippen molar-refractivity contribution in [1.29, 1.82) is 0 Å². The van der Waals surface area contributed by atoms with Gasteiger partial charge in [-0.1, -0.05) is 17.7 Å². The van der Waals surface area contributed by atoms with E-state index in [0.717, 1.165) is 15.0 Å². The van der Waals surface area contributed by atoms with E-state index < -0.39 is 0 Å². The molecule has 6 heteroatoms. The van der Waals surface area contributed by atoms with Gasteiger partial charge in [-0.3, -0.25) is 0 Å². The molecule has 0 aliphatic heterocycles. The zero-order valence-electron chi connectivity index (χ0n) is 6.67. The van der Waals surface area contributed by atoms with E-state index in [4.69, 9.17) is 11.6 Å². The fourth-order valence-electron chi connectivity index (χ4n) is 0.952. The van der Waals surface area contributed by atoms with Crippen LogP contribution in [0, 0.1) is 0 Å². The molecule has 72 valence electrons. The van der Waals surface area contributed by atoms with Crippen LogP contribution in [0.2, 0.25) is 5.02 Å². The molecule has 0 spiro atoms. The topological polar surface area (TPSA) is 25.8 Å². The Kier molecular flexibility index (Phi) is 3.21. The van der Waals surface area contributed by atoms with Crippen molar-refractivity contribution in [3.63, 3.8) is 0 Å². The Morgan fingerprint density at radius 3 is 2.64 bits per heavy atom. The zero-order valence-corrected chi connectivity index (χ0v) is 11.4. The molecule has 0 unspecified atom stereocenters. The highest BCUT2D eigenvalue weighted by Crippen LogP contribution is 2.30. The summed E-state index contributed by atoms with van der Waals surface area (Å²) in [5.74, 6) is 0. The van der Waals surface area contributed by atoms with Gasteiger partial charge in [0.1, 0.15) is 5.01 Å². The monoisotopic (exact) mass is 352 g/mol. The molecular weight excluding hydrogens is 351 g/mol. The van der Waals surface area contributed by atoms with Crippen LogP contribution in [-0.2, 0) is 0 Å². The van der Waals surface area contributed by atoms with E-state index in [1.165, 1.54) is 11.5 Å². The predicted molar refractivity (Wildman–Crippen MR) is 65.8 cm³/mol. The normalized spacial score (nSPS) is 10.5. The summed E-state index contributed by atoms with van der Waals surface area (Å²) < 4.78 is 5.52. The van der Waals surface area contributed by atoms with E-state index in [0.29, 0.717) is 9.76 Å². The molecule has 0 N–H and O–H groups in total. The predicted octanol–water partition coefficient (Wildman–Crippen LogP) is 4.38. The lowest BCUT2D eigenvalue weighted by Crippen LogP contribution is -1.76. The van der Waals surface area contributed by atoms with E-state index in [9.17, 15) is 0 Å². The van der Waals surface area contributed by atoms with Gasteiger partial charge < -0.3 is 0 Å². The van der Waals surface area contributed by atoms with Crippen LogP contribution in [0.25, 0.3) is 10.6 Å². The first-order valence-corrected chi connectivity index (χ1v) is 6.35. The standard InChI is InChI=1S/C8H3Br2ClN2S/c9-5-3-4(1-2-6(5)11)7-12-8(10)13-14-7/h1-3H. The van der Waals surface area contributed by atoms with Crippen LogP contribution in [0.15, 0.2) is 27.4 Å². The van der Waals surface area contributed by atoms with Crippen LogP contribution in [0.3, 0.4) is 0 Å². The molecule has 2 nitrogen and oxygen atoms in total. The number of benzene rings is 1. The molecule has 0 fully saturated rings. The van der Waals surface area contributed by atoms with Gasteiger partial charge in [-0.05, 0) is 55.5 Å². The summed E-state index contributed by atoms with van der Waals surface area (Å²) in [6, 6.07) is 5.67. The maximum atomic E-state index is 5.88. The summed E-state index contributed by atoms with van der Waals surface area (Å²) in [4.78, 5) is 4.21. The molecule has 0 aliphatic rings. The number of nitrogens with zero attached hydrogens (tertiary/aromatic N) is 2. The Morgan fingerprint density at radius 1 is 1.29 bits per heavy atom. The lowest BCUT2D eigenvalue weighted by molar-refractivity contribution is 1.26. The quantitative estimate of drug-likeness (QED) is 0.759. The van der Waals surface area contributed by atoms with Crippen molar-refractivity contribution in [2.45, 2.75) is 0 Å². The third kappa shape index (κ3) is 2.16. The van der Waals surface area contributed by atoms with Crippen LogP contribution in [-0.4, -0.2) is 9.36 Å². The van der Waals surface area contributed by atoms with Crippen LogP contribution >= 0.6 is 55.0 Å². The largest absolute Gasteiger partial charge is 0.209 e. The molecule has 0 amide bonds. The van der Waals surface area contributed by atoms with Gasteiger partial charge in [0.2, 0.25) is 4.73 Å². The summed E-state index contributed by atoms with van der Waals surface area (Å²) >= 11 is 13.8. The molecule has 0 aliphatic carbocycles. The second kappa shape index (κ2) is 4.26. The molecule has 1 heterocycles. The first-order valence-electron chi connectivity index (χ1n) is 3.61. The highest BCUT2D eigenvalue weighted by molar-refractivity contribution is 9.10. The summed E-state index contributed by atoms with van der Waals surface area (Å²) in [5, 5.41) is 1.56. The van der Waals surface area contributed by atoms with E-state index in [2.05, 4.69) is 41.2 Å². The molecule has 1 aromatic carbocycles. The summed E-state index contributed by atoms with van der Waals surface area (Å²) in [5.41, 5.74) is 1.00. The van der Waals surface area contributed by atoms with Gasteiger partial charge in [-0.25, -0.2) is 4.98 Å². The Bertz CT molecular complexity index is 472. The number of aromatic nitrogens is 2. The molecule has 0 bridgehead atoms.